The summed E-state index contributed by atoms with van der Waals surface area (Å²) in [6.45, 7) is 4.57. The van der Waals surface area contributed by atoms with Crippen molar-refractivity contribution in [3.63, 3.8) is 0 Å². The third kappa shape index (κ3) is 5.44. The fraction of sp³-hybridized carbons (Fsp3) is 0.286. The molecular formula is C21H23N3O2S. The zero-order valence-electron chi connectivity index (χ0n) is 15.5. The molecule has 0 fully saturated rings. The lowest BCUT2D eigenvalue weighted by Crippen LogP contribution is -2.28. The Kier molecular flexibility index (Phi) is 6.65. The van der Waals surface area contributed by atoms with E-state index in [4.69, 9.17) is 4.52 Å². The van der Waals surface area contributed by atoms with Gasteiger partial charge in [-0.1, -0.05) is 42.4 Å². The number of aryl methyl sites for hydroxylation is 1. The molecule has 0 saturated heterocycles. The molecule has 0 aliphatic carbocycles. The number of carbonyl (C=O) groups is 1. The number of thioether (sulfide) groups is 1. The highest BCUT2D eigenvalue weighted by Gasteiger charge is 2.12. The highest BCUT2D eigenvalue weighted by Crippen LogP contribution is 2.23. The van der Waals surface area contributed by atoms with Gasteiger partial charge in [-0.25, -0.2) is 0 Å². The maximum absolute atomic E-state index is 12.4. The van der Waals surface area contributed by atoms with Crippen LogP contribution in [0.3, 0.4) is 0 Å². The smallest absolute Gasteiger partial charge is 0.251 e. The third-order valence-corrected chi connectivity index (χ3v) is 5.32. The van der Waals surface area contributed by atoms with Gasteiger partial charge in [0.05, 0.1) is 5.75 Å². The molecule has 1 N–H and O–H groups in total. The molecule has 1 aromatic heterocycles. The molecule has 140 valence electrons. The number of amides is 1. The van der Waals surface area contributed by atoms with Crippen LogP contribution in [0.15, 0.2) is 64.0 Å². The van der Waals surface area contributed by atoms with Crippen molar-refractivity contribution < 1.29 is 9.32 Å². The molecule has 0 radical (unpaired) electrons. The second kappa shape index (κ2) is 9.37. The Hall–Kier alpha value is -2.60. The van der Waals surface area contributed by atoms with Gasteiger partial charge in [0.1, 0.15) is 0 Å². The molecule has 0 saturated carbocycles. The van der Waals surface area contributed by atoms with E-state index in [1.54, 1.807) is 18.7 Å². The predicted octanol–water partition coefficient (Wildman–Crippen LogP) is 4.59. The number of rotatable bonds is 8. The van der Waals surface area contributed by atoms with Crippen molar-refractivity contribution in [2.24, 2.45) is 0 Å². The van der Waals surface area contributed by atoms with Gasteiger partial charge in [0.15, 0.2) is 5.82 Å². The number of nitrogens with one attached hydrogen (secondary N) is 1. The average molecular weight is 382 g/mol. The maximum Gasteiger partial charge on any atom is 0.251 e. The lowest BCUT2D eigenvalue weighted by atomic mass is 9.96. The van der Waals surface area contributed by atoms with E-state index >= 15 is 0 Å². The van der Waals surface area contributed by atoms with E-state index in [-0.39, 0.29) is 5.91 Å². The fourth-order valence-electron chi connectivity index (χ4n) is 2.79. The number of hydrogen-bond acceptors (Lipinski definition) is 5. The van der Waals surface area contributed by atoms with E-state index in [2.05, 4.69) is 34.5 Å². The quantitative estimate of drug-likeness (QED) is 0.578. The topological polar surface area (TPSA) is 68.0 Å². The summed E-state index contributed by atoms with van der Waals surface area (Å²) in [5.74, 6) is 2.13. The molecule has 1 amide bonds. The Labute approximate surface area is 163 Å². The summed E-state index contributed by atoms with van der Waals surface area (Å²) < 4.78 is 5.10. The van der Waals surface area contributed by atoms with Crippen molar-refractivity contribution in [1.29, 1.82) is 0 Å². The zero-order chi connectivity index (χ0) is 19.1. The number of hydrogen-bond donors (Lipinski definition) is 1. The zero-order valence-corrected chi connectivity index (χ0v) is 16.3. The summed E-state index contributed by atoms with van der Waals surface area (Å²) >= 11 is 1.60. The minimum Gasteiger partial charge on any atom is -0.351 e. The SMILES string of the molecule is CCC(CNC(=O)c1ccc(SCc2nc(C)no2)cc1)c1ccccc1. The molecule has 1 atom stereocenters. The van der Waals surface area contributed by atoms with Crippen molar-refractivity contribution in [3.8, 4) is 0 Å². The number of benzene rings is 2. The van der Waals surface area contributed by atoms with Gasteiger partial charge in [-0.3, -0.25) is 4.79 Å². The van der Waals surface area contributed by atoms with Crippen LogP contribution in [0.25, 0.3) is 0 Å². The van der Waals surface area contributed by atoms with E-state index in [0.29, 0.717) is 35.5 Å². The summed E-state index contributed by atoms with van der Waals surface area (Å²) in [6, 6.07) is 17.9. The summed E-state index contributed by atoms with van der Waals surface area (Å²) in [7, 11) is 0. The first kappa shape index (κ1) is 19.2. The lowest BCUT2D eigenvalue weighted by molar-refractivity contribution is 0.0951. The van der Waals surface area contributed by atoms with Gasteiger partial charge in [0.2, 0.25) is 5.89 Å². The molecule has 0 aliphatic heterocycles. The molecule has 0 aliphatic rings. The van der Waals surface area contributed by atoms with Crippen molar-refractivity contribution in [3.05, 3.63) is 77.4 Å². The van der Waals surface area contributed by atoms with Crippen LogP contribution in [0, 0.1) is 6.92 Å². The number of nitrogens with zero attached hydrogens (tertiary/aromatic N) is 2. The van der Waals surface area contributed by atoms with E-state index in [0.717, 1.165) is 11.3 Å². The summed E-state index contributed by atoms with van der Waals surface area (Å²) in [4.78, 5) is 17.7. The molecule has 27 heavy (non-hydrogen) atoms. The van der Waals surface area contributed by atoms with Gasteiger partial charge in [0.25, 0.3) is 5.91 Å². The van der Waals surface area contributed by atoms with Crippen LogP contribution < -0.4 is 5.32 Å². The lowest BCUT2D eigenvalue weighted by Gasteiger charge is -2.16. The second-order valence-electron chi connectivity index (χ2n) is 6.27. The third-order valence-electron chi connectivity index (χ3n) is 4.32. The highest BCUT2D eigenvalue weighted by atomic mass is 32.2. The molecular weight excluding hydrogens is 358 g/mol. The van der Waals surface area contributed by atoms with Crippen LogP contribution in [0.1, 0.15) is 46.9 Å². The average Bonchev–Trinajstić information content (AvgIpc) is 3.13. The van der Waals surface area contributed by atoms with Gasteiger partial charge >= 0.3 is 0 Å². The van der Waals surface area contributed by atoms with Gasteiger partial charge < -0.3 is 9.84 Å². The van der Waals surface area contributed by atoms with Crippen LogP contribution in [0.4, 0.5) is 0 Å². The summed E-state index contributed by atoms with van der Waals surface area (Å²) in [5.41, 5.74) is 1.92. The van der Waals surface area contributed by atoms with Gasteiger partial charge in [-0.05, 0) is 43.2 Å². The summed E-state index contributed by atoms with van der Waals surface area (Å²) in [5, 5.41) is 6.83. The van der Waals surface area contributed by atoms with Crippen molar-refractivity contribution in [2.45, 2.75) is 36.8 Å². The van der Waals surface area contributed by atoms with Crippen LogP contribution in [0.2, 0.25) is 0 Å². The first-order chi connectivity index (χ1) is 13.2. The predicted molar refractivity (Wildman–Crippen MR) is 107 cm³/mol. The highest BCUT2D eigenvalue weighted by molar-refractivity contribution is 7.98. The van der Waals surface area contributed by atoms with Crippen LogP contribution >= 0.6 is 11.8 Å². The van der Waals surface area contributed by atoms with Gasteiger partial charge in [-0.2, -0.15) is 4.98 Å². The molecule has 1 heterocycles. The Morgan fingerprint density at radius 2 is 1.89 bits per heavy atom. The van der Waals surface area contributed by atoms with Gasteiger partial charge in [0, 0.05) is 22.9 Å². The number of carbonyl (C=O) groups excluding carboxylic acids is 1. The normalized spacial score (nSPS) is 11.9. The molecule has 6 heteroatoms. The van der Waals surface area contributed by atoms with Crippen LogP contribution in [0.5, 0.6) is 0 Å². The Bertz CT molecular complexity index is 863. The van der Waals surface area contributed by atoms with Crippen molar-refractivity contribution in [1.82, 2.24) is 15.5 Å². The number of aromatic nitrogens is 2. The van der Waals surface area contributed by atoms with E-state index in [1.807, 2.05) is 42.5 Å². The largest absolute Gasteiger partial charge is 0.351 e. The van der Waals surface area contributed by atoms with Crippen LogP contribution in [-0.4, -0.2) is 22.6 Å². The molecule has 0 spiro atoms. The minimum absolute atomic E-state index is 0.0477. The molecule has 3 aromatic rings. The van der Waals surface area contributed by atoms with E-state index < -0.39 is 0 Å². The molecule has 5 nitrogen and oxygen atoms in total. The van der Waals surface area contributed by atoms with Crippen LogP contribution in [-0.2, 0) is 5.75 Å². The van der Waals surface area contributed by atoms with E-state index in [9.17, 15) is 4.79 Å². The monoisotopic (exact) mass is 381 g/mol. The second-order valence-corrected chi connectivity index (χ2v) is 7.32. The molecule has 0 bridgehead atoms. The van der Waals surface area contributed by atoms with Gasteiger partial charge in [-0.15, -0.1) is 11.8 Å². The summed E-state index contributed by atoms with van der Waals surface area (Å²) in [6.07, 6.45) is 0.981. The molecule has 3 rings (SSSR count). The Morgan fingerprint density at radius 3 is 2.52 bits per heavy atom. The Morgan fingerprint density at radius 1 is 1.15 bits per heavy atom. The first-order valence-electron chi connectivity index (χ1n) is 9.01. The standard InChI is InChI=1S/C21H23N3O2S/c1-3-16(17-7-5-4-6-8-17)13-22-21(25)18-9-11-19(12-10-18)27-14-20-23-15(2)24-26-20/h4-12,16H,3,13-14H2,1-2H3,(H,22,25). The Balaban J connectivity index is 1.52. The minimum atomic E-state index is -0.0477. The van der Waals surface area contributed by atoms with E-state index in [1.165, 1.54) is 5.56 Å². The maximum atomic E-state index is 12.4. The fourth-order valence-corrected chi connectivity index (χ4v) is 3.52. The van der Waals surface area contributed by atoms with Crippen molar-refractivity contribution in [2.75, 3.05) is 6.54 Å². The molecule has 1 unspecified atom stereocenters. The molecule has 2 aromatic carbocycles. The van der Waals surface area contributed by atoms with Crippen molar-refractivity contribution >= 4 is 17.7 Å². The first-order valence-corrected chi connectivity index (χ1v) is 9.99.